The smallest absolute Gasteiger partial charge is 0.265 e. The van der Waals surface area contributed by atoms with E-state index in [1.807, 2.05) is 7.05 Å². The summed E-state index contributed by atoms with van der Waals surface area (Å²) in [6.45, 7) is 1.54. The second-order valence-electron chi connectivity index (χ2n) is 4.51. The first kappa shape index (κ1) is 16.0. The van der Waals surface area contributed by atoms with Crippen molar-refractivity contribution in [2.75, 3.05) is 18.3 Å². The molecule has 2 aromatic rings. The Labute approximate surface area is 132 Å². The fraction of sp³-hybridized carbons (Fsp3) is 0.308. The average Bonchev–Trinajstić information content (AvgIpc) is 2.91. The maximum atomic E-state index is 12.2. The van der Waals surface area contributed by atoms with Crippen molar-refractivity contribution in [3.8, 4) is 0 Å². The van der Waals surface area contributed by atoms with E-state index < -0.39 is 10.0 Å². The van der Waals surface area contributed by atoms with Gasteiger partial charge in [-0.25, -0.2) is 8.42 Å². The molecule has 2 N–H and O–H groups in total. The number of hydrogen-bond donors (Lipinski definition) is 2. The zero-order valence-electron chi connectivity index (χ0n) is 11.6. The number of aromatic nitrogens is 2. The van der Waals surface area contributed by atoms with Crippen molar-refractivity contribution in [3.05, 3.63) is 41.1 Å². The molecule has 21 heavy (non-hydrogen) atoms. The fourth-order valence-corrected chi connectivity index (χ4v) is 3.03. The Kier molecular flexibility index (Phi) is 5.38. The molecular formula is C13H17BrN4O2S. The van der Waals surface area contributed by atoms with Gasteiger partial charge in [0.25, 0.3) is 10.0 Å². The molecule has 0 atom stereocenters. The number of aryl methyl sites for hydroxylation is 1. The van der Waals surface area contributed by atoms with Crippen molar-refractivity contribution in [2.24, 2.45) is 0 Å². The van der Waals surface area contributed by atoms with Gasteiger partial charge >= 0.3 is 0 Å². The molecule has 0 spiro atoms. The Hall–Kier alpha value is -1.38. The summed E-state index contributed by atoms with van der Waals surface area (Å²) in [6, 6.07) is 6.94. The van der Waals surface area contributed by atoms with Crippen LogP contribution in [0.15, 0.2) is 46.0 Å². The number of anilines is 1. The summed E-state index contributed by atoms with van der Waals surface area (Å²) in [6.07, 6.45) is 3.79. The maximum Gasteiger partial charge on any atom is 0.265 e. The third-order valence-electron chi connectivity index (χ3n) is 2.83. The zero-order valence-corrected chi connectivity index (χ0v) is 14.0. The molecule has 0 unspecified atom stereocenters. The fourth-order valence-electron chi connectivity index (χ4n) is 1.76. The van der Waals surface area contributed by atoms with E-state index in [1.54, 1.807) is 28.9 Å². The van der Waals surface area contributed by atoms with Crippen LogP contribution in [0.4, 0.5) is 5.69 Å². The van der Waals surface area contributed by atoms with Crippen molar-refractivity contribution < 1.29 is 8.42 Å². The highest BCUT2D eigenvalue weighted by atomic mass is 79.9. The Morgan fingerprint density at radius 2 is 2.00 bits per heavy atom. The summed E-state index contributed by atoms with van der Waals surface area (Å²) < 4.78 is 29.5. The molecule has 1 heterocycles. The first-order chi connectivity index (χ1) is 10.0. The van der Waals surface area contributed by atoms with Crippen LogP contribution < -0.4 is 10.0 Å². The van der Waals surface area contributed by atoms with E-state index in [0.29, 0.717) is 12.2 Å². The van der Waals surface area contributed by atoms with Gasteiger partial charge in [-0.2, -0.15) is 5.10 Å². The SMILES string of the molecule is CNCCCn1cc(S(=O)(=O)Nc2ccc(Br)cc2)cn1. The number of nitrogens with zero attached hydrogens (tertiary/aromatic N) is 2. The van der Waals surface area contributed by atoms with E-state index in [9.17, 15) is 8.42 Å². The topological polar surface area (TPSA) is 76.0 Å². The lowest BCUT2D eigenvalue weighted by molar-refractivity contribution is 0.561. The lowest BCUT2D eigenvalue weighted by Gasteiger charge is -2.06. The van der Waals surface area contributed by atoms with Gasteiger partial charge in [-0.1, -0.05) is 15.9 Å². The highest BCUT2D eigenvalue weighted by Crippen LogP contribution is 2.18. The van der Waals surface area contributed by atoms with E-state index in [0.717, 1.165) is 17.4 Å². The summed E-state index contributed by atoms with van der Waals surface area (Å²) in [5.41, 5.74) is 0.515. The minimum absolute atomic E-state index is 0.162. The maximum absolute atomic E-state index is 12.2. The number of nitrogens with one attached hydrogen (secondary N) is 2. The van der Waals surface area contributed by atoms with E-state index >= 15 is 0 Å². The predicted molar refractivity (Wildman–Crippen MR) is 85.7 cm³/mol. The van der Waals surface area contributed by atoms with Crippen LogP contribution in [0.1, 0.15) is 6.42 Å². The van der Waals surface area contributed by atoms with E-state index in [2.05, 4.69) is 31.1 Å². The van der Waals surface area contributed by atoms with Gasteiger partial charge in [0.05, 0.1) is 6.20 Å². The summed E-state index contributed by atoms with van der Waals surface area (Å²) >= 11 is 3.31. The molecule has 8 heteroatoms. The lowest BCUT2D eigenvalue weighted by atomic mass is 10.3. The van der Waals surface area contributed by atoms with Crippen molar-refractivity contribution in [3.63, 3.8) is 0 Å². The standard InChI is InChI=1S/C13H17BrN4O2S/c1-15-7-2-8-18-10-13(9-16-18)21(19,20)17-12-5-3-11(14)4-6-12/h3-6,9-10,15,17H,2,7-8H2,1H3. The van der Waals surface area contributed by atoms with Crippen LogP contribution in [0.5, 0.6) is 0 Å². The van der Waals surface area contributed by atoms with Gasteiger partial charge in [-0.05, 0) is 44.3 Å². The second kappa shape index (κ2) is 7.06. The van der Waals surface area contributed by atoms with Crippen LogP contribution >= 0.6 is 15.9 Å². The van der Waals surface area contributed by atoms with Gasteiger partial charge in [0.15, 0.2) is 0 Å². The van der Waals surface area contributed by atoms with Crippen LogP contribution in [-0.2, 0) is 16.6 Å². The molecule has 1 aromatic carbocycles. The van der Waals surface area contributed by atoms with Crippen molar-refractivity contribution >= 4 is 31.6 Å². The molecule has 0 amide bonds. The summed E-state index contributed by atoms with van der Waals surface area (Å²) in [5, 5.41) is 7.11. The zero-order chi connectivity index (χ0) is 15.3. The normalized spacial score (nSPS) is 11.5. The number of sulfonamides is 1. The molecule has 0 fully saturated rings. The molecule has 0 aliphatic carbocycles. The number of halogens is 1. The van der Waals surface area contributed by atoms with Gasteiger partial charge in [-0.15, -0.1) is 0 Å². The van der Waals surface area contributed by atoms with Gasteiger partial charge in [0, 0.05) is 22.9 Å². The minimum atomic E-state index is -3.60. The largest absolute Gasteiger partial charge is 0.320 e. The summed E-state index contributed by atoms with van der Waals surface area (Å²) in [5.74, 6) is 0. The molecule has 6 nitrogen and oxygen atoms in total. The van der Waals surface area contributed by atoms with Crippen LogP contribution in [0.2, 0.25) is 0 Å². The monoisotopic (exact) mass is 372 g/mol. The summed E-state index contributed by atoms with van der Waals surface area (Å²) in [4.78, 5) is 0.162. The van der Waals surface area contributed by atoms with Gasteiger partial charge in [-0.3, -0.25) is 9.40 Å². The molecule has 0 radical (unpaired) electrons. The molecule has 0 bridgehead atoms. The Morgan fingerprint density at radius 3 is 2.67 bits per heavy atom. The Bertz CT molecular complexity index is 682. The third kappa shape index (κ3) is 4.55. The minimum Gasteiger partial charge on any atom is -0.320 e. The van der Waals surface area contributed by atoms with Crippen molar-refractivity contribution in [2.45, 2.75) is 17.9 Å². The predicted octanol–water partition coefficient (Wildman–Crippen LogP) is 2.06. The average molecular weight is 373 g/mol. The lowest BCUT2D eigenvalue weighted by Crippen LogP contribution is -2.13. The molecule has 0 saturated carbocycles. The van der Waals surface area contributed by atoms with Crippen LogP contribution in [-0.4, -0.2) is 31.8 Å². The molecule has 1 aromatic heterocycles. The molecule has 114 valence electrons. The summed E-state index contributed by atoms with van der Waals surface area (Å²) in [7, 11) is -1.72. The Morgan fingerprint density at radius 1 is 1.29 bits per heavy atom. The number of benzene rings is 1. The molecular weight excluding hydrogens is 356 g/mol. The molecule has 0 aliphatic heterocycles. The van der Waals surface area contributed by atoms with E-state index in [4.69, 9.17) is 0 Å². The molecule has 0 aliphatic rings. The quantitative estimate of drug-likeness (QED) is 0.729. The van der Waals surface area contributed by atoms with Gasteiger partial charge in [0.2, 0.25) is 0 Å². The van der Waals surface area contributed by atoms with E-state index in [1.165, 1.54) is 12.4 Å². The van der Waals surface area contributed by atoms with Crippen LogP contribution in [0.3, 0.4) is 0 Å². The van der Waals surface area contributed by atoms with E-state index in [-0.39, 0.29) is 4.90 Å². The number of hydrogen-bond acceptors (Lipinski definition) is 4. The highest BCUT2D eigenvalue weighted by molar-refractivity contribution is 9.10. The van der Waals surface area contributed by atoms with Crippen LogP contribution in [0.25, 0.3) is 0 Å². The second-order valence-corrected chi connectivity index (χ2v) is 7.11. The van der Waals surface area contributed by atoms with Crippen molar-refractivity contribution in [1.29, 1.82) is 0 Å². The van der Waals surface area contributed by atoms with Crippen molar-refractivity contribution in [1.82, 2.24) is 15.1 Å². The third-order valence-corrected chi connectivity index (χ3v) is 4.69. The molecule has 2 rings (SSSR count). The Balaban J connectivity index is 2.07. The molecule has 0 saturated heterocycles. The van der Waals surface area contributed by atoms with Crippen LogP contribution in [0, 0.1) is 0 Å². The van der Waals surface area contributed by atoms with Gasteiger partial charge in [0.1, 0.15) is 4.90 Å². The highest BCUT2D eigenvalue weighted by Gasteiger charge is 2.16. The van der Waals surface area contributed by atoms with Gasteiger partial charge < -0.3 is 5.32 Å². The first-order valence-corrected chi connectivity index (χ1v) is 8.74. The first-order valence-electron chi connectivity index (χ1n) is 6.47. The number of rotatable bonds is 7.